The van der Waals surface area contributed by atoms with E-state index >= 15 is 0 Å². The van der Waals surface area contributed by atoms with E-state index in [0.717, 1.165) is 0 Å². The summed E-state index contributed by atoms with van der Waals surface area (Å²) in [6.45, 7) is 6.98. The van der Waals surface area contributed by atoms with Crippen molar-refractivity contribution in [2.75, 3.05) is 0 Å². The molecular weight excluding hydrogens is 449 g/mol. The van der Waals surface area contributed by atoms with Crippen molar-refractivity contribution in [2.45, 2.75) is 39.3 Å². The van der Waals surface area contributed by atoms with E-state index in [0.29, 0.717) is 21.2 Å². The van der Waals surface area contributed by atoms with Crippen molar-refractivity contribution in [2.24, 2.45) is 0 Å². The van der Waals surface area contributed by atoms with Gasteiger partial charge >= 0.3 is 6.09 Å². The molecule has 1 heterocycles. The third-order valence-corrected chi connectivity index (χ3v) is 4.85. The normalized spacial score (nSPS) is 12.6. The third kappa shape index (κ3) is 4.89. The lowest BCUT2D eigenvalue weighted by molar-refractivity contribution is 0.0505. The van der Waals surface area contributed by atoms with Gasteiger partial charge in [-0.15, -0.1) is 0 Å². The molecule has 1 N–H and O–H groups in total. The van der Waals surface area contributed by atoms with Gasteiger partial charge in [-0.05, 0) is 58.0 Å². The molecule has 0 saturated carbocycles. The highest BCUT2D eigenvalue weighted by molar-refractivity contribution is 6.35. The maximum atomic E-state index is 13.4. The van der Waals surface area contributed by atoms with E-state index in [4.69, 9.17) is 39.5 Å². The number of fused-ring (bicyclic) bond motifs is 1. The first-order valence-corrected chi connectivity index (χ1v) is 10.3. The molecule has 6 nitrogen and oxygen atoms in total. The second kappa shape index (κ2) is 8.46. The van der Waals surface area contributed by atoms with E-state index in [1.807, 2.05) is 0 Å². The monoisotopic (exact) mass is 467 g/mol. The number of aromatic nitrogens is 2. The third-order valence-electron chi connectivity index (χ3n) is 4.10. The topological polar surface area (TPSA) is 73.2 Å². The average molecular weight is 469 g/mol. The SMILES string of the molecule is CC(NC(=O)OC(C)(C)C)c1nc2cccc(Cl)c2c(=O)n1-c1cc(Cl)cc(Cl)c1. The van der Waals surface area contributed by atoms with Crippen molar-refractivity contribution in [3.63, 3.8) is 0 Å². The molecule has 1 unspecified atom stereocenters. The van der Waals surface area contributed by atoms with Crippen molar-refractivity contribution < 1.29 is 9.53 Å². The molecular formula is C21H20Cl3N3O3. The van der Waals surface area contributed by atoms with Crippen LogP contribution in [0.1, 0.15) is 39.6 Å². The second-order valence-electron chi connectivity index (χ2n) is 7.74. The molecule has 2 aromatic carbocycles. The lowest BCUT2D eigenvalue weighted by atomic mass is 10.2. The van der Waals surface area contributed by atoms with E-state index in [1.54, 1.807) is 64.1 Å². The second-order valence-corrected chi connectivity index (χ2v) is 9.02. The van der Waals surface area contributed by atoms with Crippen LogP contribution < -0.4 is 10.9 Å². The van der Waals surface area contributed by atoms with Crippen molar-refractivity contribution in [3.8, 4) is 5.69 Å². The Morgan fingerprint density at radius 1 is 1.13 bits per heavy atom. The first-order valence-electron chi connectivity index (χ1n) is 9.13. The number of ether oxygens (including phenoxy) is 1. The van der Waals surface area contributed by atoms with E-state index in [1.165, 1.54) is 4.57 Å². The Bertz CT molecular complexity index is 1170. The summed E-state index contributed by atoms with van der Waals surface area (Å²) in [7, 11) is 0. The van der Waals surface area contributed by atoms with Gasteiger partial charge < -0.3 is 10.1 Å². The number of halogens is 3. The Labute approximate surface area is 188 Å². The molecule has 30 heavy (non-hydrogen) atoms. The zero-order valence-corrected chi connectivity index (χ0v) is 19.1. The molecule has 0 bridgehead atoms. The highest BCUT2D eigenvalue weighted by Gasteiger charge is 2.23. The molecule has 0 radical (unpaired) electrons. The van der Waals surface area contributed by atoms with Gasteiger partial charge in [-0.1, -0.05) is 40.9 Å². The summed E-state index contributed by atoms with van der Waals surface area (Å²) >= 11 is 18.6. The summed E-state index contributed by atoms with van der Waals surface area (Å²) in [6, 6.07) is 9.06. The van der Waals surface area contributed by atoms with Crippen molar-refractivity contribution >= 4 is 51.8 Å². The minimum atomic E-state index is -0.673. The van der Waals surface area contributed by atoms with E-state index in [2.05, 4.69) is 10.3 Å². The summed E-state index contributed by atoms with van der Waals surface area (Å²) in [5.41, 5.74) is -0.268. The number of nitrogens with zero attached hydrogens (tertiary/aromatic N) is 2. The molecule has 9 heteroatoms. The molecule has 3 aromatic rings. The number of rotatable bonds is 3. The van der Waals surface area contributed by atoms with Crippen LogP contribution in [-0.2, 0) is 4.74 Å². The van der Waals surface area contributed by atoms with Crippen LogP contribution in [-0.4, -0.2) is 21.2 Å². The lowest BCUT2D eigenvalue weighted by Crippen LogP contribution is -2.37. The number of amides is 1. The number of hydrogen-bond donors (Lipinski definition) is 1. The maximum absolute atomic E-state index is 13.4. The molecule has 3 rings (SSSR count). The fraction of sp³-hybridized carbons (Fsp3) is 0.286. The summed E-state index contributed by atoms with van der Waals surface area (Å²) in [4.78, 5) is 30.3. The van der Waals surface area contributed by atoms with Gasteiger partial charge in [-0.2, -0.15) is 0 Å². The molecule has 158 valence electrons. The van der Waals surface area contributed by atoms with Crippen molar-refractivity contribution in [1.82, 2.24) is 14.9 Å². The molecule has 0 aliphatic rings. The highest BCUT2D eigenvalue weighted by Crippen LogP contribution is 2.26. The Morgan fingerprint density at radius 3 is 2.37 bits per heavy atom. The van der Waals surface area contributed by atoms with Gasteiger partial charge in [0, 0.05) is 10.0 Å². The van der Waals surface area contributed by atoms with Crippen molar-refractivity contribution in [3.05, 3.63) is 67.6 Å². The zero-order chi connectivity index (χ0) is 22.2. The number of nitrogens with one attached hydrogen (secondary N) is 1. The van der Waals surface area contributed by atoms with E-state index < -0.39 is 23.3 Å². The summed E-state index contributed by atoms with van der Waals surface area (Å²) in [5, 5.41) is 3.94. The van der Waals surface area contributed by atoms with E-state index in [9.17, 15) is 9.59 Å². The van der Waals surface area contributed by atoms with Crippen LogP contribution >= 0.6 is 34.8 Å². The van der Waals surface area contributed by atoms with Crippen LogP contribution in [0.25, 0.3) is 16.6 Å². The van der Waals surface area contributed by atoms with Crippen LogP contribution in [0.15, 0.2) is 41.2 Å². The number of carbonyl (C=O) groups excluding carboxylic acids is 1. The van der Waals surface area contributed by atoms with Gasteiger partial charge in [0.25, 0.3) is 5.56 Å². The van der Waals surface area contributed by atoms with E-state index in [-0.39, 0.29) is 16.2 Å². The number of carbonyl (C=O) groups is 1. The molecule has 1 atom stereocenters. The quantitative estimate of drug-likeness (QED) is 0.517. The van der Waals surface area contributed by atoms with Gasteiger partial charge in [-0.3, -0.25) is 9.36 Å². The summed E-state index contributed by atoms with van der Waals surface area (Å²) in [6.07, 6.45) is -0.633. The molecule has 0 aliphatic carbocycles. The number of hydrogen-bond acceptors (Lipinski definition) is 4. The van der Waals surface area contributed by atoms with Crippen LogP contribution in [0, 0.1) is 0 Å². The molecule has 0 saturated heterocycles. The minimum absolute atomic E-state index is 0.253. The zero-order valence-electron chi connectivity index (χ0n) is 16.8. The Morgan fingerprint density at radius 2 is 1.77 bits per heavy atom. The average Bonchev–Trinajstić information content (AvgIpc) is 2.58. The van der Waals surface area contributed by atoms with Gasteiger partial charge in [0.05, 0.1) is 27.7 Å². The van der Waals surface area contributed by atoms with Crippen LogP contribution in [0.5, 0.6) is 0 Å². The van der Waals surface area contributed by atoms with Gasteiger partial charge in [0.15, 0.2) is 0 Å². The predicted molar refractivity (Wildman–Crippen MR) is 120 cm³/mol. The molecule has 0 spiro atoms. The minimum Gasteiger partial charge on any atom is -0.444 e. The smallest absolute Gasteiger partial charge is 0.408 e. The molecule has 1 aromatic heterocycles. The molecule has 1 amide bonds. The van der Waals surface area contributed by atoms with Crippen LogP contribution in [0.2, 0.25) is 15.1 Å². The first kappa shape index (κ1) is 22.4. The summed E-state index contributed by atoms with van der Waals surface area (Å²) < 4.78 is 6.66. The molecule has 0 aliphatic heterocycles. The fourth-order valence-electron chi connectivity index (χ4n) is 2.96. The first-order chi connectivity index (χ1) is 14.0. The fourth-order valence-corrected chi connectivity index (χ4v) is 3.73. The van der Waals surface area contributed by atoms with Gasteiger partial charge in [-0.25, -0.2) is 9.78 Å². The maximum Gasteiger partial charge on any atom is 0.408 e. The van der Waals surface area contributed by atoms with Crippen LogP contribution in [0.3, 0.4) is 0 Å². The predicted octanol–water partition coefficient (Wildman–Crippen LogP) is 5.93. The van der Waals surface area contributed by atoms with Gasteiger partial charge in [0.2, 0.25) is 0 Å². The van der Waals surface area contributed by atoms with Crippen LogP contribution in [0.4, 0.5) is 4.79 Å². The van der Waals surface area contributed by atoms with Crippen molar-refractivity contribution in [1.29, 1.82) is 0 Å². The Kier molecular flexibility index (Phi) is 6.32. The molecule has 0 fully saturated rings. The summed E-state index contributed by atoms with van der Waals surface area (Å²) in [5.74, 6) is 0.277. The largest absolute Gasteiger partial charge is 0.444 e. The Hall–Kier alpha value is -2.28. The Balaban J connectivity index is 2.22. The lowest BCUT2D eigenvalue weighted by Gasteiger charge is -2.23. The highest BCUT2D eigenvalue weighted by atomic mass is 35.5. The number of benzene rings is 2. The standard InChI is InChI=1S/C21H20Cl3N3O3/c1-11(25-20(29)30-21(2,3)4)18-26-16-7-5-6-15(24)17(16)19(28)27(18)14-9-12(22)8-13(23)10-14/h5-11H,1-4H3,(H,25,29). The number of alkyl carbamates (subject to hydrolysis) is 1. The van der Waals surface area contributed by atoms with Gasteiger partial charge in [0.1, 0.15) is 11.4 Å².